The first-order valence-corrected chi connectivity index (χ1v) is 10.8. The third kappa shape index (κ3) is 5.97. The van der Waals surface area contributed by atoms with Crippen molar-refractivity contribution < 1.29 is 17.9 Å². The summed E-state index contributed by atoms with van der Waals surface area (Å²) in [4.78, 5) is 12.4. The molecule has 0 spiro atoms. The third-order valence-corrected chi connectivity index (χ3v) is 5.24. The highest BCUT2D eigenvalue weighted by molar-refractivity contribution is 7.92. The molecule has 0 aliphatic heterocycles. The number of hydrogen-bond donors (Lipinski definition) is 1. The van der Waals surface area contributed by atoms with Crippen LogP contribution in [0.4, 0.5) is 5.69 Å². The Labute approximate surface area is 170 Å². The van der Waals surface area contributed by atoms with E-state index >= 15 is 0 Å². The molecule has 0 saturated heterocycles. The summed E-state index contributed by atoms with van der Waals surface area (Å²) >= 11 is 5.82. The van der Waals surface area contributed by atoms with Crippen LogP contribution < -0.4 is 14.5 Å². The summed E-state index contributed by atoms with van der Waals surface area (Å²) in [6, 6.07) is 12.4. The lowest BCUT2D eigenvalue weighted by Crippen LogP contribution is -2.46. The fourth-order valence-electron chi connectivity index (χ4n) is 2.48. The minimum atomic E-state index is -3.70. The molecule has 0 aliphatic rings. The summed E-state index contributed by atoms with van der Waals surface area (Å²) in [5.74, 6) is 0.0499. The predicted octanol–water partition coefficient (Wildman–Crippen LogP) is 3.04. The molecular formula is C19H22ClN3O4S. The molecule has 28 heavy (non-hydrogen) atoms. The second kappa shape index (κ2) is 9.57. The zero-order chi connectivity index (χ0) is 20.7. The van der Waals surface area contributed by atoms with Gasteiger partial charge in [-0.15, -0.1) is 0 Å². The van der Waals surface area contributed by atoms with E-state index in [0.29, 0.717) is 23.1 Å². The van der Waals surface area contributed by atoms with Crippen LogP contribution >= 0.6 is 11.6 Å². The Hall–Kier alpha value is -2.58. The van der Waals surface area contributed by atoms with Crippen LogP contribution in [0.15, 0.2) is 53.6 Å². The Morgan fingerprint density at radius 1 is 1.21 bits per heavy atom. The summed E-state index contributed by atoms with van der Waals surface area (Å²) in [7, 11) is -3.70. The number of carbonyl (C=O) groups is 1. The van der Waals surface area contributed by atoms with Gasteiger partial charge < -0.3 is 4.74 Å². The van der Waals surface area contributed by atoms with E-state index in [1.165, 1.54) is 13.1 Å². The van der Waals surface area contributed by atoms with E-state index in [9.17, 15) is 13.2 Å². The maximum Gasteiger partial charge on any atom is 0.263 e. The maximum atomic E-state index is 12.4. The lowest BCUT2D eigenvalue weighted by Gasteiger charge is -2.27. The van der Waals surface area contributed by atoms with Gasteiger partial charge in [-0.05, 0) is 55.8 Å². The summed E-state index contributed by atoms with van der Waals surface area (Å²) < 4.78 is 31.0. The number of nitrogens with one attached hydrogen (secondary N) is 1. The van der Waals surface area contributed by atoms with Crippen LogP contribution in [-0.2, 0) is 14.8 Å². The van der Waals surface area contributed by atoms with Crippen LogP contribution in [-0.4, -0.2) is 39.4 Å². The number of halogens is 1. The monoisotopic (exact) mass is 423 g/mol. The molecule has 0 saturated carbocycles. The topological polar surface area (TPSA) is 88.1 Å². The van der Waals surface area contributed by atoms with Gasteiger partial charge in [0.15, 0.2) is 0 Å². The van der Waals surface area contributed by atoms with E-state index in [1.54, 1.807) is 48.5 Å². The first-order valence-electron chi connectivity index (χ1n) is 8.53. The zero-order valence-corrected chi connectivity index (χ0v) is 17.4. The summed E-state index contributed by atoms with van der Waals surface area (Å²) in [5, 5.41) is 4.47. The Morgan fingerprint density at radius 2 is 1.82 bits per heavy atom. The Balaban J connectivity index is 2.14. The fourth-order valence-corrected chi connectivity index (χ4v) is 3.78. The van der Waals surface area contributed by atoms with E-state index in [1.807, 2.05) is 6.92 Å². The minimum absolute atomic E-state index is 0.357. The molecule has 1 amide bonds. The number of hydrogen-bond acceptors (Lipinski definition) is 5. The van der Waals surface area contributed by atoms with Crippen molar-refractivity contribution in [3.05, 3.63) is 59.1 Å². The normalized spacial score (nSPS) is 12.6. The van der Waals surface area contributed by atoms with E-state index < -0.39 is 22.0 Å². The van der Waals surface area contributed by atoms with Crippen LogP contribution in [0.25, 0.3) is 0 Å². The molecule has 7 nitrogen and oxygen atoms in total. The van der Waals surface area contributed by atoms with E-state index in [-0.39, 0.29) is 0 Å². The minimum Gasteiger partial charge on any atom is -0.494 e. The molecule has 0 radical (unpaired) electrons. The second-order valence-electron chi connectivity index (χ2n) is 5.95. The highest BCUT2D eigenvalue weighted by atomic mass is 35.5. The lowest BCUT2D eigenvalue weighted by molar-refractivity contribution is -0.121. The Morgan fingerprint density at radius 3 is 2.36 bits per heavy atom. The number of nitrogens with zero attached hydrogens (tertiary/aromatic N) is 2. The van der Waals surface area contributed by atoms with Gasteiger partial charge in [-0.2, -0.15) is 5.10 Å². The summed E-state index contributed by atoms with van der Waals surface area (Å²) in [6.07, 6.45) is 2.49. The average Bonchev–Trinajstić information content (AvgIpc) is 2.64. The molecule has 0 heterocycles. The number of amides is 1. The predicted molar refractivity (Wildman–Crippen MR) is 112 cm³/mol. The van der Waals surface area contributed by atoms with Crippen LogP contribution in [0.5, 0.6) is 5.75 Å². The first kappa shape index (κ1) is 21.7. The summed E-state index contributed by atoms with van der Waals surface area (Å²) in [5.41, 5.74) is 3.46. The van der Waals surface area contributed by atoms with Gasteiger partial charge in [0.05, 0.1) is 24.8 Å². The van der Waals surface area contributed by atoms with E-state index in [2.05, 4.69) is 10.5 Å². The molecule has 0 aromatic heterocycles. The number of sulfonamides is 1. The van der Waals surface area contributed by atoms with Crippen LogP contribution in [0.1, 0.15) is 19.4 Å². The van der Waals surface area contributed by atoms with Crippen LogP contribution in [0.2, 0.25) is 5.02 Å². The van der Waals surface area contributed by atoms with Crippen molar-refractivity contribution in [2.75, 3.05) is 17.2 Å². The third-order valence-electron chi connectivity index (χ3n) is 3.75. The van der Waals surface area contributed by atoms with Gasteiger partial charge in [0.2, 0.25) is 10.0 Å². The fraction of sp³-hybridized carbons (Fsp3) is 0.263. The number of ether oxygens (including phenoxy) is 1. The highest BCUT2D eigenvalue weighted by Crippen LogP contribution is 2.24. The van der Waals surface area contributed by atoms with Crippen molar-refractivity contribution in [1.29, 1.82) is 0 Å². The van der Waals surface area contributed by atoms with E-state index in [4.69, 9.17) is 16.3 Å². The average molecular weight is 424 g/mol. The molecule has 2 aromatic rings. The molecule has 0 aliphatic carbocycles. The Bertz CT molecular complexity index is 929. The number of benzene rings is 2. The van der Waals surface area contributed by atoms with Crippen molar-refractivity contribution in [2.24, 2.45) is 5.10 Å². The molecule has 1 atom stereocenters. The van der Waals surface area contributed by atoms with E-state index in [0.717, 1.165) is 16.1 Å². The van der Waals surface area contributed by atoms with Gasteiger partial charge in [-0.3, -0.25) is 9.10 Å². The summed E-state index contributed by atoms with van der Waals surface area (Å²) in [6.45, 7) is 3.85. The van der Waals surface area contributed by atoms with Gasteiger partial charge >= 0.3 is 0 Å². The van der Waals surface area contributed by atoms with Gasteiger partial charge in [0.25, 0.3) is 5.91 Å². The molecule has 2 aromatic carbocycles. The molecule has 0 unspecified atom stereocenters. The highest BCUT2D eigenvalue weighted by Gasteiger charge is 2.29. The van der Waals surface area contributed by atoms with Gasteiger partial charge in [-0.1, -0.05) is 23.7 Å². The molecular weight excluding hydrogens is 402 g/mol. The van der Waals surface area contributed by atoms with Crippen LogP contribution in [0, 0.1) is 0 Å². The molecule has 1 N–H and O–H groups in total. The maximum absolute atomic E-state index is 12.4. The van der Waals surface area contributed by atoms with Gasteiger partial charge in [0, 0.05) is 5.02 Å². The number of rotatable bonds is 8. The standard InChI is InChI=1S/C19H22ClN3O4S/c1-4-27-18-11-9-17(10-12-18)23(28(3,25)26)14(2)19(24)22-21-13-15-5-7-16(20)8-6-15/h5-14H,4H2,1-3H3,(H,22,24)/b21-13-/t14-/m1/s1. The second-order valence-corrected chi connectivity index (χ2v) is 8.24. The van der Waals surface area contributed by atoms with Crippen molar-refractivity contribution in [1.82, 2.24) is 5.43 Å². The first-order chi connectivity index (χ1) is 13.2. The zero-order valence-electron chi connectivity index (χ0n) is 15.8. The lowest BCUT2D eigenvalue weighted by atomic mass is 10.2. The molecule has 150 valence electrons. The molecule has 9 heteroatoms. The molecule has 0 fully saturated rings. The van der Waals surface area contributed by atoms with Crippen molar-refractivity contribution in [2.45, 2.75) is 19.9 Å². The van der Waals surface area contributed by atoms with Crippen molar-refractivity contribution in [3.63, 3.8) is 0 Å². The largest absolute Gasteiger partial charge is 0.494 e. The molecule has 2 rings (SSSR count). The quantitative estimate of drug-likeness (QED) is 0.522. The smallest absolute Gasteiger partial charge is 0.263 e. The SMILES string of the molecule is CCOc1ccc(N([C@H](C)C(=O)N/N=C\c2ccc(Cl)cc2)S(C)(=O)=O)cc1. The van der Waals surface area contributed by atoms with Crippen molar-refractivity contribution >= 4 is 39.4 Å². The van der Waals surface area contributed by atoms with Gasteiger partial charge in [-0.25, -0.2) is 13.8 Å². The van der Waals surface area contributed by atoms with Gasteiger partial charge in [0.1, 0.15) is 11.8 Å². The number of carbonyl (C=O) groups excluding carboxylic acids is 1. The molecule has 0 bridgehead atoms. The number of hydrazone groups is 1. The van der Waals surface area contributed by atoms with Crippen molar-refractivity contribution in [3.8, 4) is 5.75 Å². The Kier molecular flexibility index (Phi) is 7.42. The number of anilines is 1. The van der Waals surface area contributed by atoms with Crippen LogP contribution in [0.3, 0.4) is 0 Å².